The van der Waals surface area contributed by atoms with Gasteiger partial charge in [-0.2, -0.15) is 0 Å². The Bertz CT molecular complexity index is 127. The van der Waals surface area contributed by atoms with Crippen molar-refractivity contribution in [1.29, 1.82) is 0 Å². The predicted molar refractivity (Wildman–Crippen MR) is 59.8 cm³/mol. The van der Waals surface area contributed by atoms with E-state index in [2.05, 4.69) is 39.6 Å². The summed E-state index contributed by atoms with van der Waals surface area (Å²) in [5.74, 6) is 0. The van der Waals surface area contributed by atoms with E-state index in [9.17, 15) is 0 Å². The van der Waals surface area contributed by atoms with Gasteiger partial charge >= 0.3 is 0 Å². The minimum Gasteiger partial charge on any atom is -0.329 e. The Balaban J connectivity index is 4.07. The first-order chi connectivity index (χ1) is 5.93. The first kappa shape index (κ1) is 12.9. The normalized spacial score (nSPS) is 15.0. The second-order valence-electron chi connectivity index (χ2n) is 4.95. The van der Waals surface area contributed by atoms with E-state index in [1.165, 1.54) is 12.8 Å². The Kier molecular flexibility index (Phi) is 5.57. The molecule has 1 atom stereocenters. The molecule has 0 bridgehead atoms. The molecule has 13 heavy (non-hydrogen) atoms. The van der Waals surface area contributed by atoms with Crippen molar-refractivity contribution in [2.45, 2.75) is 46.6 Å². The van der Waals surface area contributed by atoms with Gasteiger partial charge in [-0.15, -0.1) is 0 Å². The second-order valence-corrected chi connectivity index (χ2v) is 4.95. The van der Waals surface area contributed by atoms with Crippen LogP contribution in [0.25, 0.3) is 0 Å². The van der Waals surface area contributed by atoms with Crippen molar-refractivity contribution in [1.82, 2.24) is 4.90 Å². The lowest BCUT2D eigenvalue weighted by molar-refractivity contribution is 0.130. The van der Waals surface area contributed by atoms with E-state index in [1.54, 1.807) is 0 Å². The van der Waals surface area contributed by atoms with Crippen LogP contribution in [0, 0.1) is 5.41 Å². The number of rotatable bonds is 5. The van der Waals surface area contributed by atoms with Gasteiger partial charge < -0.3 is 10.6 Å². The largest absolute Gasteiger partial charge is 0.329 e. The zero-order valence-corrected chi connectivity index (χ0v) is 9.93. The number of nitrogens with two attached hydrogens (primary N) is 1. The molecule has 0 rings (SSSR count). The van der Waals surface area contributed by atoms with Crippen molar-refractivity contribution in [3.05, 3.63) is 0 Å². The third kappa shape index (κ3) is 4.63. The number of hydrogen-bond acceptors (Lipinski definition) is 2. The van der Waals surface area contributed by atoms with Gasteiger partial charge in [0.05, 0.1) is 0 Å². The summed E-state index contributed by atoms with van der Waals surface area (Å²) in [5, 5.41) is 0. The maximum atomic E-state index is 5.79. The average molecular weight is 186 g/mol. The van der Waals surface area contributed by atoms with Crippen molar-refractivity contribution < 1.29 is 0 Å². The van der Waals surface area contributed by atoms with Gasteiger partial charge in [-0.05, 0) is 25.4 Å². The van der Waals surface area contributed by atoms with E-state index >= 15 is 0 Å². The summed E-state index contributed by atoms with van der Waals surface area (Å²) in [5.41, 5.74) is 6.08. The van der Waals surface area contributed by atoms with Crippen LogP contribution in [0.2, 0.25) is 0 Å². The van der Waals surface area contributed by atoms with Crippen LogP contribution in [0.5, 0.6) is 0 Å². The van der Waals surface area contributed by atoms with Crippen LogP contribution in [0.15, 0.2) is 0 Å². The van der Waals surface area contributed by atoms with Gasteiger partial charge in [0.25, 0.3) is 0 Å². The molecule has 1 unspecified atom stereocenters. The summed E-state index contributed by atoms with van der Waals surface area (Å²) in [6, 6.07) is 0.499. The van der Waals surface area contributed by atoms with Crippen molar-refractivity contribution in [2.75, 3.05) is 20.1 Å². The molecule has 0 saturated heterocycles. The number of unbranched alkanes of at least 4 members (excludes halogenated alkanes) is 1. The highest BCUT2D eigenvalue weighted by atomic mass is 15.1. The molecule has 2 N–H and O–H groups in total. The van der Waals surface area contributed by atoms with Crippen LogP contribution in [0.1, 0.15) is 40.5 Å². The van der Waals surface area contributed by atoms with E-state index in [-0.39, 0.29) is 5.41 Å². The van der Waals surface area contributed by atoms with Gasteiger partial charge in [0.1, 0.15) is 0 Å². The summed E-state index contributed by atoms with van der Waals surface area (Å²) >= 11 is 0. The average Bonchev–Trinajstić information content (AvgIpc) is 1.99. The maximum absolute atomic E-state index is 5.79. The van der Waals surface area contributed by atoms with Crippen LogP contribution < -0.4 is 5.73 Å². The summed E-state index contributed by atoms with van der Waals surface area (Å²) in [6.07, 6.45) is 2.52. The quantitative estimate of drug-likeness (QED) is 0.712. The molecule has 0 aliphatic carbocycles. The second kappa shape index (κ2) is 5.61. The van der Waals surface area contributed by atoms with Gasteiger partial charge in [0.2, 0.25) is 0 Å². The fourth-order valence-corrected chi connectivity index (χ4v) is 1.76. The van der Waals surface area contributed by atoms with Gasteiger partial charge in [0.15, 0.2) is 0 Å². The Labute approximate surface area is 83.5 Å². The molecule has 0 spiro atoms. The molecule has 0 saturated carbocycles. The first-order valence-electron chi connectivity index (χ1n) is 5.33. The van der Waals surface area contributed by atoms with Gasteiger partial charge in [-0.3, -0.25) is 0 Å². The molecule has 0 aromatic carbocycles. The molecule has 0 heterocycles. The molecule has 0 fully saturated rings. The Hall–Kier alpha value is -0.0800. The molecule has 80 valence electrons. The molecule has 0 aromatic rings. The van der Waals surface area contributed by atoms with Crippen molar-refractivity contribution in [2.24, 2.45) is 11.1 Å². The van der Waals surface area contributed by atoms with Crippen LogP contribution in [-0.4, -0.2) is 31.1 Å². The van der Waals surface area contributed by atoms with Gasteiger partial charge in [-0.1, -0.05) is 34.1 Å². The number of nitrogens with zero attached hydrogens (tertiary/aromatic N) is 1. The standard InChI is InChI=1S/C11H26N2/c1-6-7-8-13(5)10(9-12)11(2,3)4/h10H,6-9,12H2,1-5H3. The maximum Gasteiger partial charge on any atom is 0.0263 e. The molecular formula is C11H26N2. The molecule has 0 amide bonds. The SMILES string of the molecule is CCCCN(C)C(CN)C(C)(C)C. The third-order valence-corrected chi connectivity index (χ3v) is 2.62. The van der Waals surface area contributed by atoms with Crippen molar-refractivity contribution >= 4 is 0 Å². The topological polar surface area (TPSA) is 29.3 Å². The van der Waals surface area contributed by atoms with Gasteiger partial charge in [0, 0.05) is 12.6 Å². The van der Waals surface area contributed by atoms with E-state index in [0.29, 0.717) is 6.04 Å². The Morgan fingerprint density at radius 3 is 2.15 bits per heavy atom. The van der Waals surface area contributed by atoms with E-state index in [0.717, 1.165) is 13.1 Å². The summed E-state index contributed by atoms with van der Waals surface area (Å²) in [4.78, 5) is 2.39. The summed E-state index contributed by atoms with van der Waals surface area (Å²) < 4.78 is 0. The molecule has 0 aromatic heterocycles. The van der Waals surface area contributed by atoms with Crippen molar-refractivity contribution in [3.63, 3.8) is 0 Å². The van der Waals surface area contributed by atoms with Crippen LogP contribution >= 0.6 is 0 Å². The fraction of sp³-hybridized carbons (Fsp3) is 1.00. The lowest BCUT2D eigenvalue weighted by Gasteiger charge is -2.37. The Morgan fingerprint density at radius 2 is 1.85 bits per heavy atom. The molecular weight excluding hydrogens is 160 g/mol. The highest BCUT2D eigenvalue weighted by Gasteiger charge is 2.26. The van der Waals surface area contributed by atoms with Crippen LogP contribution in [0.3, 0.4) is 0 Å². The summed E-state index contributed by atoms with van der Waals surface area (Å²) in [7, 11) is 2.18. The lowest BCUT2D eigenvalue weighted by Crippen LogP contribution is -2.47. The third-order valence-electron chi connectivity index (χ3n) is 2.62. The minimum atomic E-state index is 0.289. The highest BCUT2D eigenvalue weighted by Crippen LogP contribution is 2.22. The Morgan fingerprint density at radius 1 is 1.31 bits per heavy atom. The predicted octanol–water partition coefficient (Wildman–Crippen LogP) is 2.09. The fourth-order valence-electron chi connectivity index (χ4n) is 1.76. The zero-order valence-electron chi connectivity index (χ0n) is 9.93. The molecule has 0 aliphatic heterocycles. The monoisotopic (exact) mass is 186 g/mol. The number of hydrogen-bond donors (Lipinski definition) is 1. The number of likely N-dealkylation sites (N-methyl/N-ethyl adjacent to an activating group) is 1. The lowest BCUT2D eigenvalue weighted by atomic mass is 9.86. The van der Waals surface area contributed by atoms with E-state index < -0.39 is 0 Å². The van der Waals surface area contributed by atoms with Gasteiger partial charge in [-0.25, -0.2) is 0 Å². The molecule has 0 radical (unpaired) electrons. The molecule has 2 nitrogen and oxygen atoms in total. The summed E-state index contributed by atoms with van der Waals surface area (Å²) in [6.45, 7) is 10.9. The van der Waals surface area contributed by atoms with E-state index in [4.69, 9.17) is 5.73 Å². The van der Waals surface area contributed by atoms with E-state index in [1.807, 2.05) is 0 Å². The van der Waals surface area contributed by atoms with Crippen LogP contribution in [-0.2, 0) is 0 Å². The van der Waals surface area contributed by atoms with Crippen LogP contribution in [0.4, 0.5) is 0 Å². The molecule has 2 heteroatoms. The van der Waals surface area contributed by atoms with Crippen molar-refractivity contribution in [3.8, 4) is 0 Å². The zero-order chi connectivity index (χ0) is 10.5. The molecule has 0 aliphatic rings. The minimum absolute atomic E-state index is 0.289. The highest BCUT2D eigenvalue weighted by molar-refractivity contribution is 4.82. The first-order valence-corrected chi connectivity index (χ1v) is 5.33. The smallest absolute Gasteiger partial charge is 0.0263 e.